The molecule has 0 saturated heterocycles. The van der Waals surface area contributed by atoms with Gasteiger partial charge in [-0.15, -0.1) is 0 Å². The van der Waals surface area contributed by atoms with E-state index < -0.39 is 5.91 Å². The van der Waals surface area contributed by atoms with E-state index in [0.29, 0.717) is 28.5 Å². The first-order chi connectivity index (χ1) is 13.8. The quantitative estimate of drug-likeness (QED) is 0.527. The molecule has 0 fully saturated rings. The summed E-state index contributed by atoms with van der Waals surface area (Å²) in [4.78, 5) is 26.5. The summed E-state index contributed by atoms with van der Waals surface area (Å²) in [6.07, 6.45) is 0.0511. The molecular weight excluding hydrogens is 372 g/mol. The molecule has 0 heterocycles. The molecule has 8 nitrogen and oxygen atoms in total. The molecule has 2 rings (SSSR count). The highest BCUT2D eigenvalue weighted by molar-refractivity contribution is 6.06. The number of nitrogens with one attached hydrogen (secondary N) is 2. The second-order valence-electron chi connectivity index (χ2n) is 6.52. The molecule has 0 unspecified atom stereocenters. The van der Waals surface area contributed by atoms with Crippen LogP contribution in [0.1, 0.15) is 23.7 Å². The molecular formula is C21H26N4O4. The number of hydrazone groups is 1. The highest BCUT2D eigenvalue weighted by Gasteiger charge is 2.13. The molecule has 2 N–H and O–H groups in total. The van der Waals surface area contributed by atoms with Gasteiger partial charge in [-0.1, -0.05) is 0 Å². The van der Waals surface area contributed by atoms with Crippen LogP contribution in [0.15, 0.2) is 47.6 Å². The summed E-state index contributed by atoms with van der Waals surface area (Å²) in [6, 6.07) is 12.3. The molecule has 154 valence electrons. The van der Waals surface area contributed by atoms with Gasteiger partial charge in [0.15, 0.2) is 0 Å². The maximum atomic E-state index is 12.3. The number of anilines is 2. The van der Waals surface area contributed by atoms with Crippen LogP contribution >= 0.6 is 0 Å². The van der Waals surface area contributed by atoms with E-state index in [9.17, 15) is 9.59 Å². The van der Waals surface area contributed by atoms with Crippen LogP contribution in [0.25, 0.3) is 0 Å². The van der Waals surface area contributed by atoms with Crippen LogP contribution in [0.2, 0.25) is 0 Å². The van der Waals surface area contributed by atoms with E-state index in [-0.39, 0.29) is 12.3 Å². The Morgan fingerprint density at radius 2 is 1.72 bits per heavy atom. The predicted molar refractivity (Wildman–Crippen MR) is 114 cm³/mol. The molecule has 2 aromatic carbocycles. The van der Waals surface area contributed by atoms with Crippen molar-refractivity contribution < 1.29 is 19.1 Å². The summed E-state index contributed by atoms with van der Waals surface area (Å²) in [5, 5.41) is 6.80. The molecule has 0 aromatic heterocycles. The Hall–Kier alpha value is -3.55. The molecule has 0 aliphatic rings. The maximum Gasteiger partial charge on any atom is 0.275 e. The summed E-state index contributed by atoms with van der Waals surface area (Å²) in [6.45, 7) is 1.67. The largest absolute Gasteiger partial charge is 0.497 e. The Labute approximate surface area is 170 Å². The lowest BCUT2D eigenvalue weighted by Gasteiger charge is -2.13. The van der Waals surface area contributed by atoms with Crippen molar-refractivity contribution in [2.24, 2.45) is 5.10 Å². The first-order valence-corrected chi connectivity index (χ1v) is 8.96. The number of carbonyl (C=O) groups is 2. The predicted octanol–water partition coefficient (Wildman–Crippen LogP) is 2.90. The molecule has 0 saturated carbocycles. The van der Waals surface area contributed by atoms with E-state index in [4.69, 9.17) is 9.47 Å². The van der Waals surface area contributed by atoms with Gasteiger partial charge in [0.05, 0.1) is 26.2 Å². The lowest BCUT2D eigenvalue weighted by atomic mass is 10.2. The fraction of sp³-hybridized carbons (Fsp3) is 0.286. The van der Waals surface area contributed by atoms with Crippen LogP contribution in [0, 0.1) is 0 Å². The molecule has 29 heavy (non-hydrogen) atoms. The minimum atomic E-state index is -0.441. The Bertz CT molecular complexity index is 892. The van der Waals surface area contributed by atoms with Crippen molar-refractivity contribution in [1.29, 1.82) is 0 Å². The average molecular weight is 398 g/mol. The normalized spacial score (nSPS) is 10.9. The maximum absolute atomic E-state index is 12.3. The summed E-state index contributed by atoms with van der Waals surface area (Å²) < 4.78 is 10.3. The first-order valence-electron chi connectivity index (χ1n) is 8.96. The zero-order chi connectivity index (χ0) is 21.4. The molecule has 0 spiro atoms. The van der Waals surface area contributed by atoms with E-state index in [2.05, 4.69) is 15.8 Å². The zero-order valence-corrected chi connectivity index (χ0v) is 17.3. The summed E-state index contributed by atoms with van der Waals surface area (Å²) in [5.41, 5.74) is 4.96. The van der Waals surface area contributed by atoms with Gasteiger partial charge in [-0.05, 0) is 43.3 Å². The fourth-order valence-electron chi connectivity index (χ4n) is 2.51. The summed E-state index contributed by atoms with van der Waals surface area (Å²) >= 11 is 0. The van der Waals surface area contributed by atoms with Crippen molar-refractivity contribution in [3.63, 3.8) is 0 Å². The summed E-state index contributed by atoms with van der Waals surface area (Å²) in [7, 11) is 6.89. The van der Waals surface area contributed by atoms with Crippen molar-refractivity contribution in [2.75, 3.05) is 38.5 Å². The Kier molecular flexibility index (Phi) is 7.59. The zero-order valence-electron chi connectivity index (χ0n) is 17.3. The minimum Gasteiger partial charge on any atom is -0.497 e. The number of benzene rings is 2. The Balaban J connectivity index is 1.94. The number of nitrogens with zero attached hydrogens (tertiary/aromatic N) is 2. The van der Waals surface area contributed by atoms with Crippen molar-refractivity contribution in [1.82, 2.24) is 5.43 Å². The van der Waals surface area contributed by atoms with Crippen LogP contribution in [0.5, 0.6) is 11.5 Å². The van der Waals surface area contributed by atoms with E-state index in [1.165, 1.54) is 14.2 Å². The first kappa shape index (κ1) is 21.7. The Morgan fingerprint density at radius 1 is 1.03 bits per heavy atom. The number of carbonyl (C=O) groups excluding carboxylic acids is 2. The molecule has 2 amide bonds. The van der Waals surface area contributed by atoms with Gasteiger partial charge >= 0.3 is 0 Å². The topological polar surface area (TPSA) is 92.3 Å². The van der Waals surface area contributed by atoms with E-state index in [1.54, 1.807) is 25.1 Å². The van der Waals surface area contributed by atoms with Crippen molar-refractivity contribution in [2.45, 2.75) is 13.3 Å². The van der Waals surface area contributed by atoms with E-state index >= 15 is 0 Å². The lowest BCUT2D eigenvalue weighted by molar-refractivity contribution is -0.115. The number of amides is 2. The fourth-order valence-corrected chi connectivity index (χ4v) is 2.51. The number of hydrogen-bond acceptors (Lipinski definition) is 6. The average Bonchev–Trinajstić information content (AvgIpc) is 2.71. The van der Waals surface area contributed by atoms with E-state index in [0.717, 1.165) is 5.69 Å². The molecule has 0 bridgehead atoms. The number of rotatable bonds is 8. The van der Waals surface area contributed by atoms with Gasteiger partial charge in [0, 0.05) is 37.2 Å². The molecule has 0 atom stereocenters. The smallest absolute Gasteiger partial charge is 0.275 e. The second-order valence-corrected chi connectivity index (χ2v) is 6.52. The number of hydrogen-bond donors (Lipinski definition) is 2. The van der Waals surface area contributed by atoms with Gasteiger partial charge in [-0.2, -0.15) is 5.10 Å². The highest BCUT2D eigenvalue weighted by Crippen LogP contribution is 2.24. The highest BCUT2D eigenvalue weighted by atomic mass is 16.5. The van der Waals surface area contributed by atoms with Gasteiger partial charge in [-0.3, -0.25) is 9.59 Å². The monoisotopic (exact) mass is 398 g/mol. The SMILES string of the molecule is COc1ccc(C(=O)N/N=C(/C)CC(=O)Nc2ccc(N(C)C)cc2)c(OC)c1. The van der Waals surface area contributed by atoms with Gasteiger partial charge in [0.25, 0.3) is 5.91 Å². The number of ether oxygens (including phenoxy) is 2. The summed E-state index contributed by atoms with van der Waals surface area (Å²) in [5.74, 6) is 0.283. The number of methoxy groups -OCH3 is 2. The molecule has 0 radical (unpaired) electrons. The minimum absolute atomic E-state index is 0.0511. The van der Waals surface area contributed by atoms with Crippen LogP contribution in [0.4, 0.5) is 11.4 Å². The molecule has 2 aromatic rings. The van der Waals surface area contributed by atoms with Crippen LogP contribution in [0.3, 0.4) is 0 Å². The molecule has 0 aliphatic carbocycles. The van der Waals surface area contributed by atoms with Gasteiger partial charge in [-0.25, -0.2) is 5.43 Å². The van der Waals surface area contributed by atoms with Crippen molar-refractivity contribution in [3.8, 4) is 11.5 Å². The molecule has 8 heteroatoms. The standard InChI is InChI=1S/C21H26N4O4/c1-14(12-20(26)22-15-6-8-16(9-7-15)25(2)3)23-24-21(27)18-11-10-17(28-4)13-19(18)29-5/h6-11,13H,12H2,1-5H3,(H,22,26)(H,24,27)/b23-14-. The van der Waals surface area contributed by atoms with Crippen LogP contribution in [-0.2, 0) is 4.79 Å². The molecule has 0 aliphatic heterocycles. The van der Waals surface area contributed by atoms with Gasteiger partial charge in [0.1, 0.15) is 11.5 Å². The Morgan fingerprint density at radius 3 is 2.31 bits per heavy atom. The van der Waals surface area contributed by atoms with Crippen LogP contribution in [-0.4, -0.2) is 45.8 Å². The second kappa shape index (κ2) is 10.1. The van der Waals surface area contributed by atoms with E-state index in [1.807, 2.05) is 43.3 Å². The van der Waals surface area contributed by atoms with Crippen LogP contribution < -0.4 is 25.1 Å². The van der Waals surface area contributed by atoms with Gasteiger partial charge < -0.3 is 19.7 Å². The third-order valence-electron chi connectivity index (χ3n) is 4.09. The van der Waals surface area contributed by atoms with Gasteiger partial charge in [0.2, 0.25) is 5.91 Å². The third-order valence-corrected chi connectivity index (χ3v) is 4.09. The lowest BCUT2D eigenvalue weighted by Crippen LogP contribution is -2.22. The third kappa shape index (κ3) is 6.24. The van der Waals surface area contributed by atoms with Crippen molar-refractivity contribution >= 4 is 28.9 Å². The van der Waals surface area contributed by atoms with Crippen molar-refractivity contribution in [3.05, 3.63) is 48.0 Å².